The fourth-order valence-electron chi connectivity index (χ4n) is 2.70. The van der Waals surface area contributed by atoms with E-state index in [4.69, 9.17) is 9.15 Å². The minimum atomic E-state index is -0.312. The van der Waals surface area contributed by atoms with E-state index in [-0.39, 0.29) is 5.97 Å². The number of hydrogen-bond donors (Lipinski definition) is 0. The van der Waals surface area contributed by atoms with Crippen LogP contribution in [0.3, 0.4) is 0 Å². The number of nitrogens with zero attached hydrogens (tertiary/aromatic N) is 1. The van der Waals surface area contributed by atoms with Crippen LogP contribution in [0.4, 0.5) is 0 Å². The Labute approximate surface area is 151 Å². The van der Waals surface area contributed by atoms with E-state index in [1.807, 2.05) is 47.7 Å². The highest BCUT2D eigenvalue weighted by atomic mass is 32.1. The average Bonchev–Trinajstić information content (AvgIpc) is 3.26. The lowest BCUT2D eigenvalue weighted by Crippen LogP contribution is -2.21. The molecule has 0 aliphatic heterocycles. The molecule has 0 atom stereocenters. The molecule has 0 N–H and O–H groups in total. The lowest BCUT2D eigenvalue weighted by atomic mass is 10.1. The third kappa shape index (κ3) is 4.81. The van der Waals surface area contributed by atoms with E-state index in [9.17, 15) is 4.79 Å². The molecule has 0 unspecified atom stereocenters. The number of carbonyl (C=O) groups is 1. The summed E-state index contributed by atoms with van der Waals surface area (Å²) < 4.78 is 10.3. The molecule has 0 amide bonds. The third-order valence-electron chi connectivity index (χ3n) is 3.92. The predicted octanol–water partition coefficient (Wildman–Crippen LogP) is 4.64. The molecule has 1 aromatic carbocycles. The Kier molecular flexibility index (Phi) is 5.68. The highest BCUT2D eigenvalue weighted by molar-refractivity contribution is 7.11. The van der Waals surface area contributed by atoms with Gasteiger partial charge in [0.2, 0.25) is 0 Å². The highest BCUT2D eigenvalue weighted by Crippen LogP contribution is 2.20. The first-order valence-electron chi connectivity index (χ1n) is 8.11. The Balaban J connectivity index is 1.73. The van der Waals surface area contributed by atoms with Gasteiger partial charge in [-0.2, -0.15) is 0 Å². The normalized spacial score (nSPS) is 11.0. The number of ether oxygens (including phenoxy) is 1. The summed E-state index contributed by atoms with van der Waals surface area (Å²) in [5.74, 6) is 0.632. The van der Waals surface area contributed by atoms with E-state index in [0.717, 1.165) is 31.0 Å². The van der Waals surface area contributed by atoms with E-state index in [2.05, 4.69) is 24.0 Å². The van der Waals surface area contributed by atoms with Gasteiger partial charge in [0.25, 0.3) is 0 Å². The SMILES string of the molecule is COC(=O)c1ccc(CN(Cc2ccco2)Cc2ccc(C)s2)cc1. The van der Waals surface area contributed by atoms with E-state index in [0.29, 0.717) is 5.56 Å². The van der Waals surface area contributed by atoms with E-state index in [1.165, 1.54) is 16.9 Å². The van der Waals surface area contributed by atoms with E-state index in [1.54, 1.807) is 6.26 Å². The van der Waals surface area contributed by atoms with Crippen molar-refractivity contribution in [3.63, 3.8) is 0 Å². The standard InChI is InChI=1S/C20H21NO3S/c1-15-5-10-19(25-15)14-21(13-18-4-3-11-24-18)12-16-6-8-17(9-7-16)20(22)23-2/h3-11H,12-14H2,1-2H3. The molecule has 0 bridgehead atoms. The van der Waals surface area contributed by atoms with Gasteiger partial charge >= 0.3 is 5.97 Å². The Morgan fingerprint density at radius 1 is 1.08 bits per heavy atom. The van der Waals surface area contributed by atoms with Crippen molar-refractivity contribution in [1.29, 1.82) is 0 Å². The minimum Gasteiger partial charge on any atom is -0.468 e. The largest absolute Gasteiger partial charge is 0.468 e. The monoisotopic (exact) mass is 355 g/mol. The summed E-state index contributed by atoms with van der Waals surface area (Å²) in [6, 6.07) is 15.8. The van der Waals surface area contributed by atoms with Crippen molar-refractivity contribution in [3.05, 3.63) is 81.4 Å². The second-order valence-electron chi connectivity index (χ2n) is 5.93. The van der Waals surface area contributed by atoms with Crippen molar-refractivity contribution in [2.24, 2.45) is 0 Å². The van der Waals surface area contributed by atoms with Crippen LogP contribution < -0.4 is 0 Å². The third-order valence-corrected chi connectivity index (χ3v) is 4.90. The summed E-state index contributed by atoms with van der Waals surface area (Å²) in [6.45, 7) is 4.50. The lowest BCUT2D eigenvalue weighted by molar-refractivity contribution is 0.0600. The van der Waals surface area contributed by atoms with Gasteiger partial charge in [0.1, 0.15) is 5.76 Å². The maximum absolute atomic E-state index is 11.6. The van der Waals surface area contributed by atoms with Crippen molar-refractivity contribution < 1.29 is 13.9 Å². The molecule has 3 aromatic rings. The van der Waals surface area contributed by atoms with Gasteiger partial charge in [-0.15, -0.1) is 11.3 Å². The molecule has 0 spiro atoms. The summed E-state index contributed by atoms with van der Waals surface area (Å²) in [7, 11) is 1.39. The van der Waals surface area contributed by atoms with Crippen LogP contribution in [0.5, 0.6) is 0 Å². The molecule has 4 nitrogen and oxygen atoms in total. The van der Waals surface area contributed by atoms with Crippen molar-refractivity contribution in [2.75, 3.05) is 7.11 Å². The molecule has 0 fully saturated rings. The fourth-order valence-corrected chi connectivity index (χ4v) is 3.64. The van der Waals surface area contributed by atoms with Crippen LogP contribution in [0, 0.1) is 6.92 Å². The number of rotatable bonds is 7. The zero-order valence-corrected chi connectivity index (χ0v) is 15.2. The number of esters is 1. The summed E-state index contributed by atoms with van der Waals surface area (Å²) in [6.07, 6.45) is 1.70. The molecule has 25 heavy (non-hydrogen) atoms. The second-order valence-corrected chi connectivity index (χ2v) is 7.30. The Morgan fingerprint density at radius 2 is 1.88 bits per heavy atom. The Hall–Kier alpha value is -2.37. The van der Waals surface area contributed by atoms with Crippen LogP contribution in [-0.4, -0.2) is 18.0 Å². The molecule has 0 aliphatic carbocycles. The number of thiophene rings is 1. The van der Waals surface area contributed by atoms with Gasteiger partial charge in [-0.25, -0.2) is 4.79 Å². The first-order valence-corrected chi connectivity index (χ1v) is 8.93. The molecule has 0 aliphatic rings. The van der Waals surface area contributed by atoms with Crippen LogP contribution in [-0.2, 0) is 24.4 Å². The van der Waals surface area contributed by atoms with Crippen LogP contribution in [0.15, 0.2) is 59.2 Å². The molecule has 5 heteroatoms. The van der Waals surface area contributed by atoms with E-state index >= 15 is 0 Å². The van der Waals surface area contributed by atoms with Gasteiger partial charge in [-0.3, -0.25) is 4.90 Å². The first-order chi connectivity index (χ1) is 12.1. The fraction of sp³-hybridized carbons (Fsp3) is 0.250. The molecule has 130 valence electrons. The minimum absolute atomic E-state index is 0.312. The maximum atomic E-state index is 11.6. The lowest BCUT2D eigenvalue weighted by Gasteiger charge is -2.21. The summed E-state index contributed by atoms with van der Waals surface area (Å²) >= 11 is 1.82. The Morgan fingerprint density at radius 3 is 2.48 bits per heavy atom. The molecular weight excluding hydrogens is 334 g/mol. The van der Waals surface area contributed by atoms with Gasteiger partial charge in [-0.05, 0) is 48.9 Å². The number of benzene rings is 1. The maximum Gasteiger partial charge on any atom is 0.337 e. The molecule has 0 saturated heterocycles. The molecule has 2 heterocycles. The van der Waals surface area contributed by atoms with Crippen LogP contribution in [0.25, 0.3) is 0 Å². The predicted molar refractivity (Wildman–Crippen MR) is 98.5 cm³/mol. The van der Waals surface area contributed by atoms with Gasteiger partial charge in [0.15, 0.2) is 0 Å². The van der Waals surface area contributed by atoms with Crippen molar-refractivity contribution >= 4 is 17.3 Å². The Bertz CT molecular complexity index is 806. The summed E-state index contributed by atoms with van der Waals surface area (Å²) in [4.78, 5) is 16.5. The first kappa shape index (κ1) is 17.5. The second kappa shape index (κ2) is 8.14. The molecular formula is C20H21NO3S. The van der Waals surface area contributed by atoms with Gasteiger partial charge < -0.3 is 9.15 Å². The zero-order valence-electron chi connectivity index (χ0n) is 14.4. The topological polar surface area (TPSA) is 42.7 Å². The molecule has 2 aromatic heterocycles. The zero-order chi connectivity index (χ0) is 17.6. The van der Waals surface area contributed by atoms with Gasteiger partial charge in [0.05, 0.1) is 25.5 Å². The summed E-state index contributed by atoms with van der Waals surface area (Å²) in [5, 5.41) is 0. The molecule has 3 rings (SSSR count). The summed E-state index contributed by atoms with van der Waals surface area (Å²) in [5.41, 5.74) is 1.71. The van der Waals surface area contributed by atoms with Crippen molar-refractivity contribution in [2.45, 2.75) is 26.6 Å². The average molecular weight is 355 g/mol. The number of carbonyl (C=O) groups excluding carboxylic acids is 1. The van der Waals surface area contributed by atoms with Crippen LogP contribution in [0.1, 0.15) is 31.4 Å². The quantitative estimate of drug-likeness (QED) is 0.579. The number of methoxy groups -OCH3 is 1. The van der Waals surface area contributed by atoms with Crippen molar-refractivity contribution in [1.82, 2.24) is 4.90 Å². The molecule has 0 saturated carbocycles. The van der Waals surface area contributed by atoms with E-state index < -0.39 is 0 Å². The van der Waals surface area contributed by atoms with Crippen LogP contribution in [0.2, 0.25) is 0 Å². The molecule has 0 radical (unpaired) electrons. The van der Waals surface area contributed by atoms with Crippen LogP contribution >= 0.6 is 11.3 Å². The number of furan rings is 1. The number of aryl methyl sites for hydroxylation is 1. The smallest absolute Gasteiger partial charge is 0.337 e. The van der Waals surface area contributed by atoms with Gasteiger partial charge in [0, 0.05) is 22.8 Å². The van der Waals surface area contributed by atoms with Crippen molar-refractivity contribution in [3.8, 4) is 0 Å². The highest BCUT2D eigenvalue weighted by Gasteiger charge is 2.12. The number of hydrogen-bond acceptors (Lipinski definition) is 5. The van der Waals surface area contributed by atoms with Gasteiger partial charge in [-0.1, -0.05) is 12.1 Å².